The van der Waals surface area contributed by atoms with E-state index in [9.17, 15) is 5.11 Å². The van der Waals surface area contributed by atoms with E-state index >= 15 is 0 Å². The Kier molecular flexibility index (Phi) is 5.57. The van der Waals surface area contributed by atoms with Crippen LogP contribution in [0.4, 0.5) is 0 Å². The zero-order valence-corrected chi connectivity index (χ0v) is 16.6. The second-order valence-electron chi connectivity index (χ2n) is 6.53. The molecule has 6 nitrogen and oxygen atoms in total. The average molecular weight is 414 g/mol. The Morgan fingerprint density at radius 1 is 1.14 bits per heavy atom. The van der Waals surface area contributed by atoms with E-state index in [1.54, 1.807) is 12.4 Å². The normalized spacial score (nSPS) is 19.1. The molecular weight excluding hydrogens is 394 g/mol. The lowest BCUT2D eigenvalue weighted by Gasteiger charge is -2.28. The van der Waals surface area contributed by atoms with Gasteiger partial charge in [0.2, 0.25) is 0 Å². The van der Waals surface area contributed by atoms with E-state index in [1.807, 2.05) is 47.2 Å². The Bertz CT molecular complexity index is 947. The van der Waals surface area contributed by atoms with Gasteiger partial charge in [-0.15, -0.1) is 0 Å². The minimum absolute atomic E-state index is 0.0820. The molecule has 2 unspecified atom stereocenters. The van der Waals surface area contributed by atoms with E-state index in [-0.39, 0.29) is 18.7 Å². The number of aromatic nitrogens is 3. The van der Waals surface area contributed by atoms with Crippen molar-refractivity contribution in [1.29, 1.82) is 0 Å². The van der Waals surface area contributed by atoms with Crippen molar-refractivity contribution in [3.63, 3.8) is 0 Å². The molecule has 0 bridgehead atoms. The number of nitrogens with one attached hydrogen (secondary N) is 1. The summed E-state index contributed by atoms with van der Waals surface area (Å²) < 4.78 is 2.04. The maximum Gasteiger partial charge on any atom is 0.170 e. The van der Waals surface area contributed by atoms with Crippen molar-refractivity contribution in [2.45, 2.75) is 18.5 Å². The molecule has 1 fully saturated rings. The van der Waals surface area contributed by atoms with Crippen molar-refractivity contribution in [3.8, 4) is 5.82 Å². The first-order valence-electron chi connectivity index (χ1n) is 9.07. The van der Waals surface area contributed by atoms with Gasteiger partial charge in [-0.1, -0.05) is 17.7 Å². The number of hydrogen-bond acceptors (Lipinski definition) is 4. The van der Waals surface area contributed by atoms with Crippen LogP contribution in [0.5, 0.6) is 0 Å². The van der Waals surface area contributed by atoms with Crippen LogP contribution in [0.3, 0.4) is 0 Å². The lowest BCUT2D eigenvalue weighted by molar-refractivity contribution is 0.244. The highest BCUT2D eigenvalue weighted by atomic mass is 35.5. The van der Waals surface area contributed by atoms with Gasteiger partial charge in [0.25, 0.3) is 0 Å². The molecule has 0 aliphatic carbocycles. The van der Waals surface area contributed by atoms with Crippen LogP contribution in [-0.2, 0) is 0 Å². The predicted molar refractivity (Wildman–Crippen MR) is 112 cm³/mol. The largest absolute Gasteiger partial charge is 0.396 e. The molecule has 1 saturated heterocycles. The molecule has 144 valence electrons. The van der Waals surface area contributed by atoms with Gasteiger partial charge >= 0.3 is 0 Å². The van der Waals surface area contributed by atoms with E-state index in [2.05, 4.69) is 26.3 Å². The Morgan fingerprint density at radius 3 is 2.75 bits per heavy atom. The van der Waals surface area contributed by atoms with Gasteiger partial charge in [0, 0.05) is 37.4 Å². The molecular formula is C20H20ClN5OS. The highest BCUT2D eigenvalue weighted by molar-refractivity contribution is 7.80. The number of aliphatic hydroxyl groups is 1. The maximum atomic E-state index is 9.34. The molecule has 0 aromatic carbocycles. The van der Waals surface area contributed by atoms with Gasteiger partial charge in [-0.2, -0.15) is 0 Å². The summed E-state index contributed by atoms with van der Waals surface area (Å²) in [5, 5.41) is 14.0. The molecule has 0 amide bonds. The van der Waals surface area contributed by atoms with Crippen molar-refractivity contribution in [2.24, 2.45) is 0 Å². The van der Waals surface area contributed by atoms with Gasteiger partial charge in [-0.05, 0) is 55.0 Å². The van der Waals surface area contributed by atoms with Crippen LogP contribution in [0.1, 0.15) is 29.9 Å². The van der Waals surface area contributed by atoms with Gasteiger partial charge in [-0.25, -0.2) is 4.98 Å². The SMILES string of the molecule is OCCCN1C(=S)NC(c2ccccn2)C1c1cccn1-c1ccc(Cl)cn1. The average Bonchev–Trinajstić information content (AvgIpc) is 3.32. The van der Waals surface area contributed by atoms with Crippen LogP contribution in [-0.4, -0.2) is 42.8 Å². The van der Waals surface area contributed by atoms with Gasteiger partial charge in [0.1, 0.15) is 5.82 Å². The molecule has 8 heteroatoms. The van der Waals surface area contributed by atoms with E-state index < -0.39 is 0 Å². The molecule has 0 radical (unpaired) electrons. The smallest absolute Gasteiger partial charge is 0.170 e. The lowest BCUT2D eigenvalue weighted by atomic mass is 10.0. The van der Waals surface area contributed by atoms with Crippen LogP contribution in [0.15, 0.2) is 61.1 Å². The summed E-state index contributed by atoms with van der Waals surface area (Å²) in [7, 11) is 0. The summed E-state index contributed by atoms with van der Waals surface area (Å²) in [4.78, 5) is 11.1. The minimum Gasteiger partial charge on any atom is -0.396 e. The van der Waals surface area contributed by atoms with E-state index in [0.29, 0.717) is 23.1 Å². The number of thiocarbonyl (C=S) groups is 1. The summed E-state index contributed by atoms with van der Waals surface area (Å²) in [6, 6.07) is 13.5. The van der Waals surface area contributed by atoms with E-state index in [1.165, 1.54) is 0 Å². The number of aliphatic hydroxyl groups excluding tert-OH is 1. The fourth-order valence-corrected chi connectivity index (χ4v) is 4.01. The standard InChI is InChI=1S/C20H20ClN5OS/c21-14-7-8-17(23-13-14)25-10-3-6-16(25)19-18(15-5-1-2-9-22-15)24-20(28)26(19)11-4-12-27/h1-3,5-10,13,18-19,27H,4,11-12H2,(H,24,28). The second kappa shape index (κ2) is 8.26. The summed E-state index contributed by atoms with van der Waals surface area (Å²) >= 11 is 11.6. The van der Waals surface area contributed by atoms with Crippen molar-refractivity contribution < 1.29 is 5.11 Å². The summed E-state index contributed by atoms with van der Waals surface area (Å²) in [6.07, 6.45) is 6.03. The molecule has 28 heavy (non-hydrogen) atoms. The molecule has 2 atom stereocenters. The Balaban J connectivity index is 1.78. The van der Waals surface area contributed by atoms with Crippen molar-refractivity contribution in [3.05, 3.63) is 77.5 Å². The molecule has 0 spiro atoms. The molecule has 1 aliphatic heterocycles. The highest BCUT2D eigenvalue weighted by Gasteiger charge is 2.40. The van der Waals surface area contributed by atoms with Crippen molar-refractivity contribution >= 4 is 28.9 Å². The molecule has 3 aromatic rings. The maximum absolute atomic E-state index is 9.34. The molecule has 1 aliphatic rings. The first-order valence-corrected chi connectivity index (χ1v) is 9.86. The highest BCUT2D eigenvalue weighted by Crippen LogP contribution is 2.39. The lowest BCUT2D eigenvalue weighted by Crippen LogP contribution is -2.31. The van der Waals surface area contributed by atoms with Crippen molar-refractivity contribution in [1.82, 2.24) is 24.8 Å². The monoisotopic (exact) mass is 413 g/mol. The van der Waals surface area contributed by atoms with Crippen LogP contribution in [0.2, 0.25) is 5.02 Å². The third-order valence-corrected chi connectivity index (χ3v) is 5.37. The van der Waals surface area contributed by atoms with E-state index in [4.69, 9.17) is 23.8 Å². The van der Waals surface area contributed by atoms with Crippen LogP contribution in [0, 0.1) is 0 Å². The van der Waals surface area contributed by atoms with Crippen molar-refractivity contribution in [2.75, 3.05) is 13.2 Å². The number of rotatable bonds is 6. The Morgan fingerprint density at radius 2 is 2.04 bits per heavy atom. The minimum atomic E-state index is -0.103. The Labute approximate surface area is 173 Å². The number of pyridine rings is 2. The van der Waals surface area contributed by atoms with Crippen LogP contribution < -0.4 is 5.32 Å². The topological polar surface area (TPSA) is 66.2 Å². The third kappa shape index (κ3) is 3.61. The molecule has 4 heterocycles. The quantitative estimate of drug-likeness (QED) is 0.604. The number of hydrogen-bond donors (Lipinski definition) is 2. The first kappa shape index (κ1) is 18.9. The zero-order valence-electron chi connectivity index (χ0n) is 15.1. The Hall–Kier alpha value is -2.48. The number of halogens is 1. The van der Waals surface area contributed by atoms with E-state index in [0.717, 1.165) is 17.2 Å². The van der Waals surface area contributed by atoms with Gasteiger partial charge in [-0.3, -0.25) is 4.98 Å². The fourth-order valence-electron chi connectivity index (χ4n) is 3.56. The molecule has 4 rings (SSSR count). The molecule has 3 aromatic heterocycles. The fraction of sp³-hybridized carbons (Fsp3) is 0.250. The van der Waals surface area contributed by atoms with Gasteiger partial charge in [0.15, 0.2) is 5.11 Å². The summed E-state index contributed by atoms with van der Waals surface area (Å²) in [6.45, 7) is 0.759. The molecule has 0 saturated carbocycles. The van der Waals surface area contributed by atoms with Crippen LogP contribution >= 0.6 is 23.8 Å². The first-order chi connectivity index (χ1) is 13.7. The third-order valence-electron chi connectivity index (χ3n) is 4.80. The predicted octanol–water partition coefficient (Wildman–Crippen LogP) is 3.28. The van der Waals surface area contributed by atoms with Gasteiger partial charge < -0.3 is 19.9 Å². The molecule has 2 N–H and O–H groups in total. The number of nitrogens with zero attached hydrogens (tertiary/aromatic N) is 4. The van der Waals surface area contributed by atoms with Crippen LogP contribution in [0.25, 0.3) is 5.82 Å². The zero-order chi connectivity index (χ0) is 19.5. The summed E-state index contributed by atoms with van der Waals surface area (Å²) in [5.41, 5.74) is 1.95. The van der Waals surface area contributed by atoms with Gasteiger partial charge in [0.05, 0.1) is 22.8 Å². The second-order valence-corrected chi connectivity index (χ2v) is 7.36. The summed E-state index contributed by atoms with van der Waals surface area (Å²) in [5.74, 6) is 0.782.